The fourth-order valence-corrected chi connectivity index (χ4v) is 3.46. The van der Waals surface area contributed by atoms with Gasteiger partial charge in [0, 0.05) is 17.0 Å². The van der Waals surface area contributed by atoms with E-state index in [4.69, 9.17) is 17.3 Å². The number of nitrogens with one attached hydrogen (secondary N) is 1. The molecule has 1 saturated carbocycles. The van der Waals surface area contributed by atoms with Gasteiger partial charge in [-0.1, -0.05) is 41.9 Å². The lowest BCUT2D eigenvalue weighted by molar-refractivity contribution is -0.125. The first-order chi connectivity index (χ1) is 11.5. The van der Waals surface area contributed by atoms with Crippen LogP contribution in [0.2, 0.25) is 5.02 Å². The molecule has 1 amide bonds. The molecule has 5 heteroatoms. The third kappa shape index (κ3) is 3.77. The van der Waals surface area contributed by atoms with Crippen molar-refractivity contribution in [2.24, 2.45) is 11.7 Å². The third-order valence-corrected chi connectivity index (χ3v) is 4.89. The molecule has 0 heterocycles. The zero-order valence-corrected chi connectivity index (χ0v) is 14.0. The van der Waals surface area contributed by atoms with E-state index in [9.17, 15) is 9.18 Å². The summed E-state index contributed by atoms with van der Waals surface area (Å²) in [6, 6.07) is 13.2. The normalized spacial score (nSPS) is 21.5. The topological polar surface area (TPSA) is 55.1 Å². The summed E-state index contributed by atoms with van der Waals surface area (Å²) in [7, 11) is 0. The highest BCUT2D eigenvalue weighted by Crippen LogP contribution is 2.30. The minimum Gasteiger partial charge on any atom is -0.345 e. The van der Waals surface area contributed by atoms with Crippen molar-refractivity contribution in [3.63, 3.8) is 0 Å². The number of nitrogens with two attached hydrogens (primary N) is 1. The Balaban J connectivity index is 1.89. The van der Waals surface area contributed by atoms with E-state index in [-0.39, 0.29) is 23.7 Å². The predicted octanol–water partition coefficient (Wildman–Crippen LogP) is 3.81. The summed E-state index contributed by atoms with van der Waals surface area (Å²) in [5.41, 5.74) is 7.50. The standard InChI is InChI=1S/C19H20ClFN2O/c20-17-4-2-1-3-16(17)18(12-5-8-14(21)9-6-12)23-19(24)13-7-10-15(22)11-13/h1-6,8-9,13,15,18H,7,10-11,22H2,(H,23,24). The summed E-state index contributed by atoms with van der Waals surface area (Å²) in [6.45, 7) is 0. The van der Waals surface area contributed by atoms with Crippen LogP contribution < -0.4 is 11.1 Å². The fourth-order valence-electron chi connectivity index (χ4n) is 3.22. The van der Waals surface area contributed by atoms with Crippen LogP contribution in [0.1, 0.15) is 36.4 Å². The van der Waals surface area contributed by atoms with Crippen LogP contribution in [0.3, 0.4) is 0 Å². The van der Waals surface area contributed by atoms with Crippen molar-refractivity contribution >= 4 is 17.5 Å². The zero-order chi connectivity index (χ0) is 17.1. The van der Waals surface area contributed by atoms with E-state index in [0.717, 1.165) is 24.0 Å². The molecule has 3 atom stereocenters. The van der Waals surface area contributed by atoms with Gasteiger partial charge in [0.25, 0.3) is 0 Å². The maximum absolute atomic E-state index is 13.3. The number of benzene rings is 2. The molecule has 0 spiro atoms. The van der Waals surface area contributed by atoms with Crippen molar-refractivity contribution in [1.82, 2.24) is 5.32 Å². The monoisotopic (exact) mass is 346 g/mol. The van der Waals surface area contributed by atoms with E-state index in [0.29, 0.717) is 11.4 Å². The quantitative estimate of drug-likeness (QED) is 0.884. The van der Waals surface area contributed by atoms with E-state index in [1.807, 2.05) is 18.2 Å². The fraction of sp³-hybridized carbons (Fsp3) is 0.316. The van der Waals surface area contributed by atoms with Gasteiger partial charge in [0.1, 0.15) is 5.82 Å². The van der Waals surface area contributed by atoms with Crippen molar-refractivity contribution in [1.29, 1.82) is 0 Å². The second-order valence-corrected chi connectivity index (χ2v) is 6.69. The van der Waals surface area contributed by atoms with Gasteiger partial charge in [0.05, 0.1) is 6.04 Å². The van der Waals surface area contributed by atoms with E-state index in [2.05, 4.69) is 5.32 Å². The van der Waals surface area contributed by atoms with Gasteiger partial charge in [0.2, 0.25) is 5.91 Å². The lowest BCUT2D eigenvalue weighted by atomic mass is 9.97. The molecule has 0 aromatic heterocycles. The molecule has 3 unspecified atom stereocenters. The van der Waals surface area contributed by atoms with Crippen LogP contribution in [-0.2, 0) is 4.79 Å². The summed E-state index contributed by atoms with van der Waals surface area (Å²) in [5.74, 6) is -0.424. The molecule has 3 nitrogen and oxygen atoms in total. The van der Waals surface area contributed by atoms with Crippen molar-refractivity contribution in [2.45, 2.75) is 31.3 Å². The van der Waals surface area contributed by atoms with Gasteiger partial charge >= 0.3 is 0 Å². The number of hydrogen-bond donors (Lipinski definition) is 2. The largest absolute Gasteiger partial charge is 0.345 e. The molecule has 1 aliphatic rings. The van der Waals surface area contributed by atoms with Crippen LogP contribution in [0.25, 0.3) is 0 Å². The van der Waals surface area contributed by atoms with Gasteiger partial charge in [-0.05, 0) is 48.6 Å². The van der Waals surface area contributed by atoms with Crippen LogP contribution in [0.4, 0.5) is 4.39 Å². The Bertz CT molecular complexity index is 720. The molecule has 126 valence electrons. The molecule has 1 fully saturated rings. The Hall–Kier alpha value is -1.91. The van der Waals surface area contributed by atoms with Gasteiger partial charge in [-0.2, -0.15) is 0 Å². The van der Waals surface area contributed by atoms with Gasteiger partial charge in [-0.3, -0.25) is 4.79 Å². The molecular weight excluding hydrogens is 327 g/mol. The second kappa shape index (κ2) is 7.32. The van der Waals surface area contributed by atoms with Crippen molar-refractivity contribution in [2.75, 3.05) is 0 Å². The molecule has 2 aromatic rings. The molecule has 0 saturated heterocycles. The van der Waals surface area contributed by atoms with E-state index in [1.165, 1.54) is 12.1 Å². The smallest absolute Gasteiger partial charge is 0.223 e. The molecule has 24 heavy (non-hydrogen) atoms. The van der Waals surface area contributed by atoms with E-state index < -0.39 is 6.04 Å². The van der Waals surface area contributed by atoms with Gasteiger partial charge in [-0.15, -0.1) is 0 Å². The average Bonchev–Trinajstić information content (AvgIpc) is 3.01. The molecule has 3 N–H and O–H groups in total. The first kappa shape index (κ1) is 16.9. The molecule has 3 rings (SSSR count). The van der Waals surface area contributed by atoms with Crippen molar-refractivity contribution in [3.8, 4) is 0 Å². The molecule has 0 aliphatic heterocycles. The number of rotatable bonds is 4. The Morgan fingerprint density at radius 3 is 2.50 bits per heavy atom. The molecule has 2 aromatic carbocycles. The SMILES string of the molecule is NC1CCC(C(=O)NC(c2ccc(F)cc2)c2ccccc2Cl)C1. The minimum absolute atomic E-state index is 0.0304. The lowest BCUT2D eigenvalue weighted by Crippen LogP contribution is -2.34. The zero-order valence-electron chi connectivity index (χ0n) is 13.2. The molecular formula is C19H20ClFN2O. The highest BCUT2D eigenvalue weighted by atomic mass is 35.5. The number of carbonyl (C=O) groups excluding carboxylic acids is 1. The summed E-state index contributed by atoms with van der Waals surface area (Å²) < 4.78 is 13.3. The molecule has 0 radical (unpaired) electrons. The van der Waals surface area contributed by atoms with E-state index >= 15 is 0 Å². The average molecular weight is 347 g/mol. The number of hydrogen-bond acceptors (Lipinski definition) is 2. The van der Waals surface area contributed by atoms with Crippen molar-refractivity contribution in [3.05, 3.63) is 70.5 Å². The Morgan fingerprint density at radius 2 is 1.88 bits per heavy atom. The third-order valence-electron chi connectivity index (χ3n) is 4.55. The minimum atomic E-state index is -0.413. The summed E-state index contributed by atoms with van der Waals surface area (Å²) in [4.78, 5) is 12.6. The predicted molar refractivity (Wildman–Crippen MR) is 93.2 cm³/mol. The molecule has 1 aliphatic carbocycles. The summed E-state index contributed by atoms with van der Waals surface area (Å²) in [6.07, 6.45) is 2.36. The van der Waals surface area contributed by atoms with Gasteiger partial charge in [0.15, 0.2) is 0 Å². The highest BCUT2D eigenvalue weighted by Gasteiger charge is 2.30. The van der Waals surface area contributed by atoms with Crippen LogP contribution in [0, 0.1) is 11.7 Å². The molecule has 0 bridgehead atoms. The summed E-state index contributed by atoms with van der Waals surface area (Å²) in [5, 5.41) is 3.64. The van der Waals surface area contributed by atoms with Crippen LogP contribution >= 0.6 is 11.6 Å². The lowest BCUT2D eigenvalue weighted by Gasteiger charge is -2.23. The van der Waals surface area contributed by atoms with Gasteiger partial charge in [-0.25, -0.2) is 4.39 Å². The number of carbonyl (C=O) groups is 1. The highest BCUT2D eigenvalue weighted by molar-refractivity contribution is 6.31. The summed E-state index contributed by atoms with van der Waals surface area (Å²) >= 11 is 6.32. The Labute approximate surface area is 146 Å². The van der Waals surface area contributed by atoms with E-state index in [1.54, 1.807) is 18.2 Å². The van der Waals surface area contributed by atoms with Gasteiger partial charge < -0.3 is 11.1 Å². The first-order valence-corrected chi connectivity index (χ1v) is 8.48. The Morgan fingerprint density at radius 1 is 1.17 bits per heavy atom. The second-order valence-electron chi connectivity index (χ2n) is 6.28. The first-order valence-electron chi connectivity index (χ1n) is 8.10. The van der Waals surface area contributed by atoms with Crippen molar-refractivity contribution < 1.29 is 9.18 Å². The maximum atomic E-state index is 13.3. The number of amides is 1. The van der Waals surface area contributed by atoms with Crippen LogP contribution in [0.5, 0.6) is 0 Å². The Kier molecular flexibility index (Phi) is 5.17. The maximum Gasteiger partial charge on any atom is 0.223 e. The van der Waals surface area contributed by atoms with Crippen LogP contribution in [-0.4, -0.2) is 11.9 Å². The van der Waals surface area contributed by atoms with Crippen LogP contribution in [0.15, 0.2) is 48.5 Å². The number of halogens is 2.